The number of benzene rings is 2. The van der Waals surface area contributed by atoms with E-state index < -0.39 is 0 Å². The summed E-state index contributed by atoms with van der Waals surface area (Å²) in [5, 5.41) is 10.3. The predicted molar refractivity (Wildman–Crippen MR) is 114 cm³/mol. The first-order valence-electron chi connectivity index (χ1n) is 9.52. The van der Waals surface area contributed by atoms with Gasteiger partial charge >= 0.3 is 0 Å². The van der Waals surface area contributed by atoms with Crippen molar-refractivity contribution >= 4 is 29.1 Å². The lowest BCUT2D eigenvalue weighted by Gasteiger charge is -2.20. The minimum Gasteiger partial charge on any atom is -0.298 e. The van der Waals surface area contributed by atoms with Crippen LogP contribution in [0.5, 0.6) is 0 Å². The molecule has 0 saturated heterocycles. The molecule has 1 aliphatic carbocycles. The monoisotopic (exact) mass is 411 g/mol. The number of Topliss-reactive ketones (excluding diaryl/α,β-unsaturated/α-hetero) is 1. The van der Waals surface area contributed by atoms with Crippen LogP contribution in [-0.2, 0) is 4.79 Å². The molecule has 1 atom stereocenters. The van der Waals surface area contributed by atoms with Crippen LogP contribution < -0.4 is 0 Å². The highest BCUT2D eigenvalue weighted by Crippen LogP contribution is 2.36. The second-order valence-electron chi connectivity index (χ2n) is 7.23. The number of hydrogen-bond acceptors (Lipinski definition) is 4. The number of rotatable bonds is 4. The smallest absolute Gasteiger partial charge is 0.196 e. The van der Waals surface area contributed by atoms with Crippen molar-refractivity contribution in [2.24, 2.45) is 0 Å². The van der Waals surface area contributed by atoms with Crippen molar-refractivity contribution in [2.45, 2.75) is 49.9 Å². The first-order chi connectivity index (χ1) is 13.5. The summed E-state index contributed by atoms with van der Waals surface area (Å²) in [6, 6.07) is 14.0. The lowest BCUT2D eigenvalue weighted by molar-refractivity contribution is -0.119. The zero-order chi connectivity index (χ0) is 19.7. The summed E-state index contributed by atoms with van der Waals surface area (Å²) in [7, 11) is 0. The van der Waals surface area contributed by atoms with Crippen molar-refractivity contribution in [3.05, 3.63) is 58.6 Å². The highest BCUT2D eigenvalue weighted by Gasteiger charge is 2.27. The van der Waals surface area contributed by atoms with Crippen LogP contribution in [0.4, 0.5) is 0 Å². The van der Waals surface area contributed by atoms with Crippen molar-refractivity contribution in [3.63, 3.8) is 0 Å². The van der Waals surface area contributed by atoms with E-state index in [-0.39, 0.29) is 5.25 Å². The second kappa shape index (κ2) is 8.10. The summed E-state index contributed by atoms with van der Waals surface area (Å²) < 4.78 is 2.05. The Bertz CT molecular complexity index is 1030. The zero-order valence-corrected chi connectivity index (χ0v) is 17.6. The number of aryl methyl sites for hydroxylation is 2. The molecule has 1 aliphatic rings. The van der Waals surface area contributed by atoms with Gasteiger partial charge in [0.15, 0.2) is 11.0 Å². The van der Waals surface area contributed by atoms with Gasteiger partial charge in [-0.25, -0.2) is 0 Å². The minimum absolute atomic E-state index is 0.0547. The van der Waals surface area contributed by atoms with Crippen LogP contribution in [0.1, 0.15) is 36.8 Å². The summed E-state index contributed by atoms with van der Waals surface area (Å²) >= 11 is 8.00. The van der Waals surface area contributed by atoms with Crippen LogP contribution in [0, 0.1) is 13.8 Å². The SMILES string of the molecule is Cc1ccc(C)c(-n2c(SC3CCCCC3=O)nnc2-c2ccccc2Cl)c1. The number of ketones is 1. The number of hydrogen-bond donors (Lipinski definition) is 0. The predicted octanol–water partition coefficient (Wildman–Crippen LogP) is 5.81. The van der Waals surface area contributed by atoms with E-state index in [1.165, 1.54) is 11.8 Å². The molecule has 0 radical (unpaired) electrons. The molecule has 4 rings (SSSR count). The van der Waals surface area contributed by atoms with E-state index in [4.69, 9.17) is 11.6 Å². The average Bonchev–Trinajstić information content (AvgIpc) is 3.09. The zero-order valence-electron chi connectivity index (χ0n) is 16.0. The number of thioether (sulfide) groups is 1. The van der Waals surface area contributed by atoms with E-state index in [9.17, 15) is 4.79 Å². The lowest BCUT2D eigenvalue weighted by Crippen LogP contribution is -2.21. The third-order valence-corrected chi connectivity index (χ3v) is 6.69. The molecule has 0 bridgehead atoms. The van der Waals surface area contributed by atoms with Gasteiger partial charge in [-0.3, -0.25) is 9.36 Å². The van der Waals surface area contributed by atoms with Crippen molar-refractivity contribution < 1.29 is 4.79 Å². The molecule has 0 aliphatic heterocycles. The Morgan fingerprint density at radius 2 is 1.93 bits per heavy atom. The molecule has 2 aromatic carbocycles. The molecule has 1 aromatic heterocycles. The van der Waals surface area contributed by atoms with Gasteiger partial charge in [0.2, 0.25) is 0 Å². The van der Waals surface area contributed by atoms with E-state index in [2.05, 4.69) is 46.8 Å². The standard InChI is InChI=1S/C22H22ClN3OS/c1-14-11-12-15(2)18(13-14)26-21(16-7-3-4-8-17(16)23)24-25-22(26)28-20-10-6-5-9-19(20)27/h3-4,7-8,11-13,20H,5-6,9-10H2,1-2H3. The van der Waals surface area contributed by atoms with Crippen LogP contribution in [-0.4, -0.2) is 25.8 Å². The Labute approximate surface area is 174 Å². The fourth-order valence-electron chi connectivity index (χ4n) is 3.54. The van der Waals surface area contributed by atoms with Gasteiger partial charge < -0.3 is 0 Å². The van der Waals surface area contributed by atoms with Gasteiger partial charge in [-0.05, 0) is 56.0 Å². The first-order valence-corrected chi connectivity index (χ1v) is 10.8. The molecule has 1 fully saturated rings. The lowest BCUT2D eigenvalue weighted by atomic mass is 9.99. The Kier molecular flexibility index (Phi) is 5.56. The van der Waals surface area contributed by atoms with Gasteiger partial charge in [-0.15, -0.1) is 10.2 Å². The van der Waals surface area contributed by atoms with Crippen LogP contribution in [0.3, 0.4) is 0 Å². The summed E-state index contributed by atoms with van der Waals surface area (Å²) in [5.74, 6) is 1.01. The van der Waals surface area contributed by atoms with E-state index >= 15 is 0 Å². The highest BCUT2D eigenvalue weighted by molar-refractivity contribution is 8.00. The van der Waals surface area contributed by atoms with Crippen LogP contribution >= 0.6 is 23.4 Å². The molecule has 1 saturated carbocycles. The summed E-state index contributed by atoms with van der Waals surface area (Å²) in [5.41, 5.74) is 4.13. The quantitative estimate of drug-likeness (QED) is 0.543. The Balaban J connectivity index is 1.86. The van der Waals surface area contributed by atoms with E-state index in [1.54, 1.807) is 0 Å². The third-order valence-electron chi connectivity index (χ3n) is 5.10. The van der Waals surface area contributed by atoms with Crippen molar-refractivity contribution in [1.29, 1.82) is 0 Å². The van der Waals surface area contributed by atoms with Crippen LogP contribution in [0.2, 0.25) is 5.02 Å². The van der Waals surface area contributed by atoms with Gasteiger partial charge in [0.25, 0.3) is 0 Å². The van der Waals surface area contributed by atoms with Gasteiger partial charge in [-0.1, -0.05) is 54.0 Å². The maximum atomic E-state index is 12.4. The first kappa shape index (κ1) is 19.2. The number of nitrogens with zero attached hydrogens (tertiary/aromatic N) is 3. The molecule has 4 nitrogen and oxygen atoms in total. The number of carbonyl (C=O) groups is 1. The Morgan fingerprint density at radius 3 is 2.71 bits per heavy atom. The number of halogens is 1. The maximum absolute atomic E-state index is 12.4. The molecule has 3 aromatic rings. The third kappa shape index (κ3) is 3.74. The van der Waals surface area contributed by atoms with Gasteiger partial charge in [0.1, 0.15) is 5.78 Å². The fraction of sp³-hybridized carbons (Fsp3) is 0.318. The number of aromatic nitrogens is 3. The fourth-order valence-corrected chi connectivity index (χ4v) is 4.93. The normalized spacial score (nSPS) is 17.1. The molecule has 1 heterocycles. The van der Waals surface area contributed by atoms with Gasteiger partial charge in [0, 0.05) is 12.0 Å². The summed E-state index contributed by atoms with van der Waals surface area (Å²) in [6.07, 6.45) is 3.63. The molecular weight excluding hydrogens is 390 g/mol. The topological polar surface area (TPSA) is 47.8 Å². The molecule has 0 N–H and O–H groups in total. The van der Waals surface area contributed by atoms with Crippen molar-refractivity contribution in [3.8, 4) is 17.1 Å². The van der Waals surface area contributed by atoms with Gasteiger partial charge in [0.05, 0.1) is 16.0 Å². The summed E-state index contributed by atoms with van der Waals surface area (Å²) in [4.78, 5) is 12.4. The minimum atomic E-state index is -0.0547. The molecule has 144 valence electrons. The molecule has 6 heteroatoms. The average molecular weight is 412 g/mol. The Hall–Kier alpha value is -2.11. The molecule has 0 amide bonds. The summed E-state index contributed by atoms with van der Waals surface area (Å²) in [6.45, 7) is 4.14. The van der Waals surface area contributed by atoms with E-state index in [0.717, 1.165) is 46.8 Å². The van der Waals surface area contributed by atoms with Crippen LogP contribution in [0.15, 0.2) is 47.6 Å². The van der Waals surface area contributed by atoms with Crippen molar-refractivity contribution in [2.75, 3.05) is 0 Å². The molecule has 0 spiro atoms. The Morgan fingerprint density at radius 1 is 1.11 bits per heavy atom. The molecule has 28 heavy (non-hydrogen) atoms. The maximum Gasteiger partial charge on any atom is 0.196 e. The van der Waals surface area contributed by atoms with E-state index in [1.807, 2.05) is 24.3 Å². The van der Waals surface area contributed by atoms with Crippen LogP contribution in [0.25, 0.3) is 17.1 Å². The molecular formula is C22H22ClN3OS. The van der Waals surface area contributed by atoms with Gasteiger partial charge in [-0.2, -0.15) is 0 Å². The van der Waals surface area contributed by atoms with Crippen molar-refractivity contribution in [1.82, 2.24) is 14.8 Å². The number of carbonyl (C=O) groups excluding carboxylic acids is 1. The molecule has 1 unspecified atom stereocenters. The van der Waals surface area contributed by atoms with E-state index in [0.29, 0.717) is 23.1 Å². The highest BCUT2D eigenvalue weighted by atomic mass is 35.5. The largest absolute Gasteiger partial charge is 0.298 e. The second-order valence-corrected chi connectivity index (χ2v) is 8.81.